The Balaban J connectivity index is 2.83. The molecule has 0 aromatic heterocycles. The van der Waals surface area contributed by atoms with Gasteiger partial charge in [-0.15, -0.1) is 11.6 Å². The number of benzene rings is 1. The molecule has 1 aromatic carbocycles. The van der Waals surface area contributed by atoms with Crippen LogP contribution in [0.5, 0.6) is 5.75 Å². The van der Waals surface area contributed by atoms with Gasteiger partial charge in [0.25, 0.3) is 0 Å². The Morgan fingerprint density at radius 3 is 2.81 bits per heavy atom. The topological polar surface area (TPSA) is 38.3 Å². The largest absolute Gasteiger partial charge is 0.497 e. The van der Waals surface area contributed by atoms with Crippen LogP contribution in [-0.4, -0.2) is 18.9 Å². The second kappa shape index (κ2) is 5.97. The Bertz CT molecular complexity index is 382. The van der Waals surface area contributed by atoms with E-state index in [-0.39, 0.29) is 17.7 Å². The van der Waals surface area contributed by atoms with Gasteiger partial charge in [-0.05, 0) is 12.1 Å². The molecule has 1 amide bonds. The molecule has 0 radical (unpaired) electrons. The second-order valence-electron chi connectivity index (χ2n) is 3.39. The summed E-state index contributed by atoms with van der Waals surface area (Å²) >= 11 is 11.5. The molecular formula is C11H13Cl2NO2. The number of alkyl halides is 1. The predicted octanol–water partition coefficient (Wildman–Crippen LogP) is 3.16. The van der Waals surface area contributed by atoms with Crippen LogP contribution >= 0.6 is 23.2 Å². The number of anilines is 1. The van der Waals surface area contributed by atoms with Crippen molar-refractivity contribution in [2.75, 3.05) is 18.3 Å². The summed E-state index contributed by atoms with van der Waals surface area (Å²) in [6.07, 6.45) is 0. The lowest BCUT2D eigenvalue weighted by atomic mass is 10.2. The predicted molar refractivity (Wildman–Crippen MR) is 66.5 cm³/mol. The van der Waals surface area contributed by atoms with Crippen molar-refractivity contribution in [3.63, 3.8) is 0 Å². The van der Waals surface area contributed by atoms with E-state index in [0.29, 0.717) is 16.5 Å². The van der Waals surface area contributed by atoms with Crippen LogP contribution in [0.15, 0.2) is 18.2 Å². The minimum absolute atomic E-state index is 0.162. The van der Waals surface area contributed by atoms with E-state index in [1.165, 1.54) is 0 Å². The minimum Gasteiger partial charge on any atom is -0.497 e. The van der Waals surface area contributed by atoms with E-state index >= 15 is 0 Å². The van der Waals surface area contributed by atoms with Crippen LogP contribution in [0.1, 0.15) is 6.92 Å². The first kappa shape index (κ1) is 13.1. The molecule has 0 spiro atoms. The highest BCUT2D eigenvalue weighted by Gasteiger charge is 2.13. The number of hydrogen-bond acceptors (Lipinski definition) is 2. The molecule has 1 aromatic rings. The van der Waals surface area contributed by atoms with Crippen molar-refractivity contribution >= 4 is 34.8 Å². The Morgan fingerprint density at radius 2 is 2.25 bits per heavy atom. The summed E-state index contributed by atoms with van der Waals surface area (Å²) in [7, 11) is 1.55. The number of methoxy groups -OCH3 is 1. The maximum Gasteiger partial charge on any atom is 0.228 e. The van der Waals surface area contributed by atoms with E-state index in [0.717, 1.165) is 0 Å². The molecule has 0 aliphatic heterocycles. The first-order valence-corrected chi connectivity index (χ1v) is 5.70. The molecular weight excluding hydrogens is 249 g/mol. The molecule has 16 heavy (non-hydrogen) atoms. The number of nitrogens with one attached hydrogen (secondary N) is 1. The van der Waals surface area contributed by atoms with Gasteiger partial charge in [0.15, 0.2) is 0 Å². The van der Waals surface area contributed by atoms with Crippen LogP contribution in [0.2, 0.25) is 5.02 Å². The molecule has 0 aliphatic rings. The summed E-state index contributed by atoms with van der Waals surface area (Å²) in [5, 5.41) is 3.17. The molecule has 88 valence electrons. The third-order valence-electron chi connectivity index (χ3n) is 2.11. The summed E-state index contributed by atoms with van der Waals surface area (Å²) in [5.74, 6) is 0.486. The number of carbonyl (C=O) groups excluding carboxylic acids is 1. The molecule has 5 heteroatoms. The van der Waals surface area contributed by atoms with Gasteiger partial charge < -0.3 is 10.1 Å². The molecule has 0 saturated carbocycles. The maximum absolute atomic E-state index is 11.6. The third-order valence-corrected chi connectivity index (χ3v) is 2.90. The van der Waals surface area contributed by atoms with Crippen molar-refractivity contribution in [3.8, 4) is 5.75 Å². The molecule has 0 fully saturated rings. The number of ether oxygens (including phenoxy) is 1. The maximum atomic E-state index is 11.6. The fourth-order valence-electron chi connectivity index (χ4n) is 1.05. The molecule has 0 aliphatic carbocycles. The van der Waals surface area contributed by atoms with E-state index in [1.54, 1.807) is 32.2 Å². The molecule has 1 unspecified atom stereocenters. The minimum atomic E-state index is -0.260. The fraction of sp³-hybridized carbons (Fsp3) is 0.364. The SMILES string of the molecule is COc1ccc(Cl)c(NC(=O)C(C)CCl)c1. The van der Waals surface area contributed by atoms with Gasteiger partial charge in [-0.3, -0.25) is 4.79 Å². The average molecular weight is 262 g/mol. The summed E-state index contributed by atoms with van der Waals surface area (Å²) in [6.45, 7) is 1.75. The third kappa shape index (κ3) is 3.29. The average Bonchev–Trinajstić information content (AvgIpc) is 2.30. The molecule has 1 rings (SSSR count). The monoisotopic (exact) mass is 261 g/mol. The van der Waals surface area contributed by atoms with Crippen molar-refractivity contribution in [3.05, 3.63) is 23.2 Å². The second-order valence-corrected chi connectivity index (χ2v) is 4.11. The summed E-state index contributed by atoms with van der Waals surface area (Å²) in [6, 6.07) is 5.06. The van der Waals surface area contributed by atoms with E-state index in [9.17, 15) is 4.79 Å². The zero-order valence-electron chi connectivity index (χ0n) is 9.09. The van der Waals surface area contributed by atoms with Gasteiger partial charge in [0.1, 0.15) is 5.75 Å². The first-order valence-electron chi connectivity index (χ1n) is 4.79. The molecule has 1 N–H and O–H groups in total. The Hall–Kier alpha value is -0.930. The quantitative estimate of drug-likeness (QED) is 0.846. The normalized spacial score (nSPS) is 12.0. The van der Waals surface area contributed by atoms with E-state index in [1.807, 2.05) is 0 Å². The first-order chi connectivity index (χ1) is 7.58. The van der Waals surface area contributed by atoms with Gasteiger partial charge in [0.2, 0.25) is 5.91 Å². The summed E-state index contributed by atoms with van der Waals surface area (Å²) in [5.41, 5.74) is 0.531. The number of carbonyl (C=O) groups is 1. The standard InChI is InChI=1S/C11H13Cl2NO2/c1-7(6-12)11(15)14-10-5-8(16-2)3-4-9(10)13/h3-5,7H,6H2,1-2H3,(H,14,15). The highest BCUT2D eigenvalue weighted by Crippen LogP contribution is 2.27. The van der Waals surface area contributed by atoms with Crippen LogP contribution in [0, 0.1) is 5.92 Å². The van der Waals surface area contributed by atoms with Gasteiger partial charge in [0.05, 0.1) is 17.8 Å². The number of halogens is 2. The van der Waals surface area contributed by atoms with E-state index in [4.69, 9.17) is 27.9 Å². The Morgan fingerprint density at radius 1 is 1.56 bits per heavy atom. The van der Waals surface area contributed by atoms with Gasteiger partial charge in [-0.2, -0.15) is 0 Å². The van der Waals surface area contributed by atoms with E-state index in [2.05, 4.69) is 5.32 Å². The number of hydrogen-bond donors (Lipinski definition) is 1. The molecule has 0 bridgehead atoms. The van der Waals surface area contributed by atoms with Gasteiger partial charge in [0, 0.05) is 17.9 Å². The van der Waals surface area contributed by atoms with Crippen LogP contribution in [0.4, 0.5) is 5.69 Å². The van der Waals surface area contributed by atoms with Crippen molar-refractivity contribution in [1.29, 1.82) is 0 Å². The highest BCUT2D eigenvalue weighted by atomic mass is 35.5. The Kier molecular flexibility index (Phi) is 4.90. The molecule has 0 saturated heterocycles. The van der Waals surface area contributed by atoms with Gasteiger partial charge in [-0.1, -0.05) is 18.5 Å². The Labute approximate surface area is 105 Å². The lowest BCUT2D eigenvalue weighted by molar-refractivity contribution is -0.118. The van der Waals surface area contributed by atoms with Crippen LogP contribution in [0.3, 0.4) is 0 Å². The van der Waals surface area contributed by atoms with Gasteiger partial charge in [-0.25, -0.2) is 0 Å². The van der Waals surface area contributed by atoms with Crippen LogP contribution < -0.4 is 10.1 Å². The fourth-order valence-corrected chi connectivity index (χ4v) is 1.36. The lowest BCUT2D eigenvalue weighted by Gasteiger charge is -2.11. The summed E-state index contributed by atoms with van der Waals surface area (Å²) in [4.78, 5) is 11.6. The van der Waals surface area contributed by atoms with Crippen molar-refractivity contribution in [2.24, 2.45) is 5.92 Å². The molecule has 0 heterocycles. The highest BCUT2D eigenvalue weighted by molar-refractivity contribution is 6.33. The molecule has 1 atom stereocenters. The molecule has 3 nitrogen and oxygen atoms in total. The zero-order chi connectivity index (χ0) is 12.1. The zero-order valence-corrected chi connectivity index (χ0v) is 10.6. The van der Waals surface area contributed by atoms with Gasteiger partial charge >= 0.3 is 0 Å². The number of rotatable bonds is 4. The van der Waals surface area contributed by atoms with Crippen LogP contribution in [-0.2, 0) is 4.79 Å². The summed E-state index contributed by atoms with van der Waals surface area (Å²) < 4.78 is 5.04. The van der Waals surface area contributed by atoms with Crippen molar-refractivity contribution in [1.82, 2.24) is 0 Å². The lowest BCUT2D eigenvalue weighted by Crippen LogP contribution is -2.21. The number of amides is 1. The van der Waals surface area contributed by atoms with Crippen molar-refractivity contribution in [2.45, 2.75) is 6.92 Å². The van der Waals surface area contributed by atoms with E-state index < -0.39 is 0 Å². The van der Waals surface area contributed by atoms with Crippen LogP contribution in [0.25, 0.3) is 0 Å². The van der Waals surface area contributed by atoms with Crippen molar-refractivity contribution < 1.29 is 9.53 Å². The smallest absolute Gasteiger partial charge is 0.228 e.